The van der Waals surface area contributed by atoms with Crippen LogP contribution >= 0.6 is 0 Å². The molecule has 124 valence electrons. The van der Waals surface area contributed by atoms with Gasteiger partial charge in [0.1, 0.15) is 0 Å². The number of hydrogen-bond acceptors (Lipinski definition) is 3. The van der Waals surface area contributed by atoms with Crippen LogP contribution in [0.2, 0.25) is 0 Å². The van der Waals surface area contributed by atoms with Crippen molar-refractivity contribution >= 4 is 6.16 Å². The molecule has 0 aromatic rings. The van der Waals surface area contributed by atoms with Crippen molar-refractivity contribution in [1.29, 1.82) is 0 Å². The van der Waals surface area contributed by atoms with Gasteiger partial charge in [0.05, 0.1) is 0 Å². The summed E-state index contributed by atoms with van der Waals surface area (Å²) >= 11 is 0. The predicted molar refractivity (Wildman–Crippen MR) is 89.0 cm³/mol. The first-order valence-electron chi connectivity index (χ1n) is 8.78. The van der Waals surface area contributed by atoms with Crippen LogP contribution in [0.1, 0.15) is 59.8 Å². The number of carbonyl (C=O) groups excluding carboxylic acids is 1. The maximum absolute atomic E-state index is 12.2. The lowest BCUT2D eigenvalue weighted by molar-refractivity contribution is -0.0520. The monoisotopic (exact) mass is 314 g/mol. The second kappa shape index (κ2) is 4.52. The Bertz CT molecular complexity index is 666. The fourth-order valence-electron chi connectivity index (χ4n) is 5.25. The quantitative estimate of drug-likeness (QED) is 0.462. The van der Waals surface area contributed by atoms with Gasteiger partial charge < -0.3 is 9.47 Å². The van der Waals surface area contributed by atoms with Gasteiger partial charge in [-0.3, -0.25) is 0 Å². The van der Waals surface area contributed by atoms with Gasteiger partial charge in [0.15, 0.2) is 11.7 Å². The van der Waals surface area contributed by atoms with Gasteiger partial charge in [0, 0.05) is 11.8 Å². The Morgan fingerprint density at radius 1 is 1.13 bits per heavy atom. The lowest BCUT2D eigenvalue weighted by atomic mass is 9.54. The molecule has 0 saturated carbocycles. The van der Waals surface area contributed by atoms with Crippen molar-refractivity contribution < 1.29 is 14.3 Å². The summed E-state index contributed by atoms with van der Waals surface area (Å²) in [6.45, 7) is 8.91. The molecule has 1 fully saturated rings. The molecule has 0 aromatic heterocycles. The van der Waals surface area contributed by atoms with Crippen molar-refractivity contribution in [2.75, 3.05) is 0 Å². The SMILES string of the molecule is CC1=CC[C@@]23OC(=O)O[C@H]2C2=CCCC[C@@]2(C)C/C=C/1C3(C)C. The molecule has 2 bridgehead atoms. The standard InChI is InChI=1S/C20H26O3/c1-13-8-12-20-16(22-17(21)23-20)15-7-5-6-10-19(15,4)11-9-14(13)18(20,2)3/h7-9,16H,5-6,10-12H2,1-4H3/b14-9-/t16-,19-,20+/m0/s1. The summed E-state index contributed by atoms with van der Waals surface area (Å²) in [6.07, 6.45) is 11.3. The van der Waals surface area contributed by atoms with Crippen LogP contribution < -0.4 is 0 Å². The van der Waals surface area contributed by atoms with Crippen LogP contribution in [0.25, 0.3) is 0 Å². The molecule has 0 N–H and O–H groups in total. The average Bonchev–Trinajstić information content (AvgIpc) is 2.81. The zero-order valence-corrected chi connectivity index (χ0v) is 14.6. The van der Waals surface area contributed by atoms with Gasteiger partial charge in [-0.05, 0) is 49.2 Å². The van der Waals surface area contributed by atoms with Gasteiger partial charge in [-0.1, -0.05) is 44.6 Å². The van der Waals surface area contributed by atoms with Gasteiger partial charge in [-0.25, -0.2) is 4.79 Å². The van der Waals surface area contributed by atoms with Gasteiger partial charge in [-0.15, -0.1) is 0 Å². The Labute approximate surface area is 138 Å². The second-order valence-corrected chi connectivity index (χ2v) is 8.39. The predicted octanol–water partition coefficient (Wildman–Crippen LogP) is 5.08. The van der Waals surface area contributed by atoms with Crippen LogP contribution in [0.3, 0.4) is 0 Å². The molecule has 0 radical (unpaired) electrons. The van der Waals surface area contributed by atoms with Gasteiger partial charge in [0.25, 0.3) is 0 Å². The van der Waals surface area contributed by atoms with E-state index in [1.54, 1.807) is 0 Å². The van der Waals surface area contributed by atoms with Crippen LogP contribution in [-0.4, -0.2) is 17.9 Å². The first-order chi connectivity index (χ1) is 10.8. The minimum absolute atomic E-state index is 0.0709. The highest BCUT2D eigenvalue weighted by Gasteiger charge is 2.65. The molecule has 3 nitrogen and oxygen atoms in total. The largest absolute Gasteiger partial charge is 0.509 e. The lowest BCUT2D eigenvalue weighted by Gasteiger charge is -2.52. The Morgan fingerprint density at radius 2 is 1.91 bits per heavy atom. The van der Waals surface area contributed by atoms with E-state index in [4.69, 9.17) is 9.47 Å². The number of carbonyl (C=O) groups is 1. The molecule has 3 heteroatoms. The highest BCUT2D eigenvalue weighted by atomic mass is 16.8. The maximum Gasteiger partial charge on any atom is 0.509 e. The molecular weight excluding hydrogens is 288 g/mol. The first kappa shape index (κ1) is 15.0. The molecule has 0 amide bonds. The second-order valence-electron chi connectivity index (χ2n) is 8.39. The molecular formula is C20H26O3. The Morgan fingerprint density at radius 3 is 2.70 bits per heavy atom. The molecule has 0 aromatic carbocycles. The summed E-state index contributed by atoms with van der Waals surface area (Å²) in [5, 5.41) is 0. The summed E-state index contributed by atoms with van der Waals surface area (Å²) in [5.41, 5.74) is 3.13. The summed E-state index contributed by atoms with van der Waals surface area (Å²) in [4.78, 5) is 12.2. The van der Waals surface area contributed by atoms with E-state index in [0.29, 0.717) is 0 Å². The van der Waals surface area contributed by atoms with Crippen LogP contribution in [-0.2, 0) is 9.47 Å². The zero-order valence-electron chi connectivity index (χ0n) is 14.6. The number of fused-ring (bicyclic) bond motifs is 3. The summed E-state index contributed by atoms with van der Waals surface area (Å²) in [7, 11) is 0. The molecule has 1 spiro atoms. The fourth-order valence-corrected chi connectivity index (χ4v) is 5.25. The third-order valence-corrected chi connectivity index (χ3v) is 6.80. The van der Waals surface area contributed by atoms with E-state index in [-0.39, 0.29) is 16.9 Å². The topological polar surface area (TPSA) is 35.5 Å². The summed E-state index contributed by atoms with van der Waals surface area (Å²) in [6, 6.07) is 0. The van der Waals surface area contributed by atoms with Gasteiger partial charge in [-0.2, -0.15) is 0 Å². The third-order valence-electron chi connectivity index (χ3n) is 6.80. The molecule has 3 aliphatic carbocycles. The van der Waals surface area contributed by atoms with E-state index in [1.165, 1.54) is 23.1 Å². The first-order valence-corrected chi connectivity index (χ1v) is 8.78. The van der Waals surface area contributed by atoms with Crippen molar-refractivity contribution in [3.05, 3.63) is 34.9 Å². The molecule has 0 unspecified atom stereocenters. The van der Waals surface area contributed by atoms with Crippen molar-refractivity contribution in [2.24, 2.45) is 10.8 Å². The van der Waals surface area contributed by atoms with Gasteiger partial charge >= 0.3 is 6.16 Å². The Balaban J connectivity index is 1.99. The summed E-state index contributed by atoms with van der Waals surface area (Å²) < 4.78 is 11.7. The van der Waals surface area contributed by atoms with Crippen molar-refractivity contribution in [3.63, 3.8) is 0 Å². The van der Waals surface area contributed by atoms with Gasteiger partial charge in [0.2, 0.25) is 0 Å². The van der Waals surface area contributed by atoms with E-state index in [2.05, 4.69) is 45.9 Å². The minimum atomic E-state index is -0.611. The molecule has 1 heterocycles. The Kier molecular flexibility index (Phi) is 2.96. The van der Waals surface area contributed by atoms with Crippen LogP contribution in [0.5, 0.6) is 0 Å². The highest BCUT2D eigenvalue weighted by Crippen LogP contribution is 2.60. The lowest BCUT2D eigenvalue weighted by Crippen LogP contribution is -2.57. The third kappa shape index (κ3) is 1.79. The average molecular weight is 314 g/mol. The van der Waals surface area contributed by atoms with Crippen LogP contribution in [0.4, 0.5) is 4.79 Å². The normalized spacial score (nSPS) is 43.4. The molecule has 23 heavy (non-hydrogen) atoms. The van der Waals surface area contributed by atoms with E-state index >= 15 is 0 Å². The van der Waals surface area contributed by atoms with Crippen molar-refractivity contribution in [3.8, 4) is 0 Å². The van der Waals surface area contributed by atoms with Crippen molar-refractivity contribution in [2.45, 2.75) is 71.5 Å². The van der Waals surface area contributed by atoms with Crippen LogP contribution in [0, 0.1) is 10.8 Å². The van der Waals surface area contributed by atoms with Crippen molar-refractivity contribution in [1.82, 2.24) is 0 Å². The zero-order chi connectivity index (χ0) is 16.5. The minimum Gasteiger partial charge on any atom is -0.422 e. The van der Waals surface area contributed by atoms with E-state index in [0.717, 1.165) is 25.7 Å². The molecule has 1 saturated heterocycles. The molecule has 3 atom stereocenters. The van der Waals surface area contributed by atoms with E-state index in [9.17, 15) is 4.79 Å². The van der Waals surface area contributed by atoms with Crippen LogP contribution in [0.15, 0.2) is 34.9 Å². The maximum atomic E-state index is 12.2. The number of allylic oxidation sites excluding steroid dienone is 3. The fraction of sp³-hybridized carbons (Fsp3) is 0.650. The van der Waals surface area contributed by atoms with E-state index < -0.39 is 11.8 Å². The smallest absolute Gasteiger partial charge is 0.422 e. The number of ether oxygens (including phenoxy) is 2. The number of rotatable bonds is 0. The molecule has 4 aliphatic rings. The van der Waals surface area contributed by atoms with E-state index in [1.807, 2.05) is 0 Å². The molecule has 4 rings (SSSR count). The summed E-state index contributed by atoms with van der Waals surface area (Å²) in [5.74, 6) is 0. The highest BCUT2D eigenvalue weighted by molar-refractivity contribution is 5.67. The Hall–Kier alpha value is -1.51. The number of hydrogen-bond donors (Lipinski definition) is 0. The molecule has 1 aliphatic heterocycles.